The standard InChI is InChI=1S/C13H18BrClN2.ClH/c1-16-12-4-6-17(7-5-12)9-10-8-11(14)2-3-13(10)15;/h2-3,8,12,16H,4-7,9H2,1H3;1H. The lowest BCUT2D eigenvalue weighted by Crippen LogP contribution is -2.40. The van der Waals surface area contributed by atoms with Crippen molar-refractivity contribution in [2.45, 2.75) is 25.4 Å². The molecule has 0 atom stereocenters. The molecule has 1 aliphatic heterocycles. The molecule has 1 aromatic carbocycles. The Morgan fingerprint density at radius 1 is 1.39 bits per heavy atom. The molecule has 1 aliphatic rings. The van der Waals surface area contributed by atoms with Crippen molar-refractivity contribution in [2.75, 3.05) is 20.1 Å². The number of nitrogens with zero attached hydrogens (tertiary/aromatic N) is 1. The molecule has 1 saturated heterocycles. The van der Waals surface area contributed by atoms with Gasteiger partial charge in [0.25, 0.3) is 0 Å². The molecule has 1 aromatic rings. The summed E-state index contributed by atoms with van der Waals surface area (Å²) < 4.78 is 1.10. The van der Waals surface area contributed by atoms with Crippen molar-refractivity contribution in [3.8, 4) is 0 Å². The molecule has 0 aliphatic carbocycles. The van der Waals surface area contributed by atoms with Gasteiger partial charge in [0.05, 0.1) is 0 Å². The minimum absolute atomic E-state index is 0. The molecule has 0 saturated carbocycles. The molecule has 1 N–H and O–H groups in total. The molecule has 0 amide bonds. The fourth-order valence-corrected chi connectivity index (χ4v) is 2.87. The second-order valence-electron chi connectivity index (χ2n) is 4.57. The van der Waals surface area contributed by atoms with Crippen molar-refractivity contribution >= 4 is 39.9 Å². The summed E-state index contributed by atoms with van der Waals surface area (Å²) in [5.41, 5.74) is 1.21. The molecular weight excluding hydrogens is 335 g/mol. The normalized spacial score (nSPS) is 17.5. The Bertz CT molecular complexity index is 379. The van der Waals surface area contributed by atoms with Crippen molar-refractivity contribution in [3.63, 3.8) is 0 Å². The van der Waals surface area contributed by atoms with Crippen LogP contribution >= 0.6 is 39.9 Å². The Morgan fingerprint density at radius 3 is 2.67 bits per heavy atom. The summed E-state index contributed by atoms with van der Waals surface area (Å²) in [7, 11) is 2.05. The van der Waals surface area contributed by atoms with Gasteiger partial charge in [0.2, 0.25) is 0 Å². The van der Waals surface area contributed by atoms with Gasteiger partial charge in [0.15, 0.2) is 0 Å². The highest BCUT2D eigenvalue weighted by Crippen LogP contribution is 2.23. The SMILES string of the molecule is CNC1CCN(Cc2cc(Br)ccc2Cl)CC1.Cl. The molecule has 5 heteroatoms. The summed E-state index contributed by atoms with van der Waals surface area (Å²) in [6.07, 6.45) is 2.45. The van der Waals surface area contributed by atoms with E-state index in [9.17, 15) is 0 Å². The highest BCUT2D eigenvalue weighted by molar-refractivity contribution is 9.10. The van der Waals surface area contributed by atoms with Gasteiger partial charge in [-0.3, -0.25) is 4.90 Å². The number of hydrogen-bond acceptors (Lipinski definition) is 2. The van der Waals surface area contributed by atoms with Crippen LogP contribution in [0.4, 0.5) is 0 Å². The third-order valence-corrected chi connectivity index (χ3v) is 4.26. The molecule has 0 spiro atoms. The highest BCUT2D eigenvalue weighted by Gasteiger charge is 2.18. The van der Waals surface area contributed by atoms with E-state index in [0.29, 0.717) is 6.04 Å². The van der Waals surface area contributed by atoms with E-state index in [2.05, 4.69) is 32.2 Å². The Hall–Kier alpha value is 0.200. The van der Waals surface area contributed by atoms with Crippen LogP contribution in [-0.4, -0.2) is 31.1 Å². The van der Waals surface area contributed by atoms with Crippen LogP contribution in [0.3, 0.4) is 0 Å². The molecule has 0 radical (unpaired) electrons. The van der Waals surface area contributed by atoms with E-state index in [0.717, 1.165) is 29.1 Å². The van der Waals surface area contributed by atoms with Gasteiger partial charge >= 0.3 is 0 Å². The van der Waals surface area contributed by atoms with Gasteiger partial charge in [0, 0.05) is 22.1 Å². The van der Waals surface area contributed by atoms with E-state index < -0.39 is 0 Å². The van der Waals surface area contributed by atoms with Gasteiger partial charge in [-0.2, -0.15) is 0 Å². The van der Waals surface area contributed by atoms with Crippen molar-refractivity contribution < 1.29 is 0 Å². The summed E-state index contributed by atoms with van der Waals surface area (Å²) in [6.45, 7) is 3.25. The van der Waals surface area contributed by atoms with Crippen molar-refractivity contribution in [1.29, 1.82) is 0 Å². The maximum atomic E-state index is 6.21. The van der Waals surface area contributed by atoms with E-state index in [1.165, 1.54) is 18.4 Å². The highest BCUT2D eigenvalue weighted by atomic mass is 79.9. The number of rotatable bonds is 3. The quantitative estimate of drug-likeness (QED) is 0.891. The zero-order valence-corrected chi connectivity index (χ0v) is 13.6. The van der Waals surface area contributed by atoms with Gasteiger partial charge in [-0.25, -0.2) is 0 Å². The molecule has 2 rings (SSSR count). The van der Waals surface area contributed by atoms with Crippen molar-refractivity contribution in [2.24, 2.45) is 0 Å². The van der Waals surface area contributed by atoms with Crippen LogP contribution in [0, 0.1) is 0 Å². The summed E-state index contributed by atoms with van der Waals surface area (Å²) in [5, 5.41) is 4.21. The monoisotopic (exact) mass is 352 g/mol. The maximum absolute atomic E-state index is 6.21. The molecule has 1 heterocycles. The van der Waals surface area contributed by atoms with E-state index in [1.807, 2.05) is 19.2 Å². The number of hydrogen-bond donors (Lipinski definition) is 1. The van der Waals surface area contributed by atoms with Gasteiger partial charge in [0.1, 0.15) is 0 Å². The predicted octanol–water partition coefficient (Wildman–Crippen LogP) is 3.71. The third-order valence-electron chi connectivity index (χ3n) is 3.40. The Kier molecular flexibility index (Phi) is 6.96. The average Bonchev–Trinajstić information content (AvgIpc) is 2.35. The molecule has 102 valence electrons. The van der Waals surface area contributed by atoms with Crippen LogP contribution in [-0.2, 0) is 6.54 Å². The van der Waals surface area contributed by atoms with E-state index >= 15 is 0 Å². The molecule has 0 aromatic heterocycles. The lowest BCUT2D eigenvalue weighted by Gasteiger charge is -2.31. The van der Waals surface area contributed by atoms with Gasteiger partial charge in [-0.05, 0) is 56.7 Å². The Labute approximate surface area is 129 Å². The Balaban J connectivity index is 0.00000162. The van der Waals surface area contributed by atoms with Crippen LogP contribution in [0.1, 0.15) is 18.4 Å². The average molecular weight is 354 g/mol. The topological polar surface area (TPSA) is 15.3 Å². The lowest BCUT2D eigenvalue weighted by molar-refractivity contribution is 0.194. The second-order valence-corrected chi connectivity index (χ2v) is 5.90. The number of likely N-dealkylation sites (tertiary alicyclic amines) is 1. The summed E-state index contributed by atoms with van der Waals surface area (Å²) in [4.78, 5) is 2.47. The van der Waals surface area contributed by atoms with E-state index in [4.69, 9.17) is 11.6 Å². The molecular formula is C13H19BrCl2N2. The van der Waals surface area contributed by atoms with Gasteiger partial charge in [-0.1, -0.05) is 27.5 Å². The van der Waals surface area contributed by atoms with Crippen LogP contribution in [0.25, 0.3) is 0 Å². The minimum atomic E-state index is 0. The zero-order valence-electron chi connectivity index (χ0n) is 10.5. The van der Waals surface area contributed by atoms with Crippen molar-refractivity contribution in [3.05, 3.63) is 33.3 Å². The summed E-state index contributed by atoms with van der Waals surface area (Å²) in [5.74, 6) is 0. The smallest absolute Gasteiger partial charge is 0.0451 e. The number of halogens is 3. The third kappa shape index (κ3) is 4.39. The molecule has 0 unspecified atom stereocenters. The predicted molar refractivity (Wildman–Crippen MR) is 83.8 cm³/mol. The molecule has 2 nitrogen and oxygen atoms in total. The number of nitrogens with one attached hydrogen (secondary N) is 1. The van der Waals surface area contributed by atoms with E-state index in [-0.39, 0.29) is 12.4 Å². The first kappa shape index (κ1) is 16.3. The summed E-state index contributed by atoms with van der Waals surface area (Å²) in [6, 6.07) is 6.75. The first-order chi connectivity index (χ1) is 8.19. The molecule has 18 heavy (non-hydrogen) atoms. The van der Waals surface area contributed by atoms with Gasteiger partial charge in [-0.15, -0.1) is 12.4 Å². The molecule has 0 bridgehead atoms. The number of piperidine rings is 1. The fourth-order valence-electron chi connectivity index (χ4n) is 2.29. The van der Waals surface area contributed by atoms with Crippen LogP contribution in [0.2, 0.25) is 5.02 Å². The van der Waals surface area contributed by atoms with Crippen molar-refractivity contribution in [1.82, 2.24) is 10.2 Å². The van der Waals surface area contributed by atoms with Gasteiger partial charge < -0.3 is 5.32 Å². The lowest BCUT2D eigenvalue weighted by atomic mass is 10.0. The van der Waals surface area contributed by atoms with Crippen LogP contribution in [0.5, 0.6) is 0 Å². The fraction of sp³-hybridized carbons (Fsp3) is 0.538. The first-order valence-corrected chi connectivity index (χ1v) is 7.19. The Morgan fingerprint density at radius 2 is 2.06 bits per heavy atom. The molecule has 1 fully saturated rings. The van der Waals surface area contributed by atoms with Crippen LogP contribution < -0.4 is 5.32 Å². The summed E-state index contributed by atoms with van der Waals surface area (Å²) >= 11 is 9.71. The van der Waals surface area contributed by atoms with Crippen LogP contribution in [0.15, 0.2) is 22.7 Å². The second kappa shape index (κ2) is 7.71. The largest absolute Gasteiger partial charge is 0.317 e. The zero-order chi connectivity index (χ0) is 12.3. The van der Waals surface area contributed by atoms with E-state index in [1.54, 1.807) is 0 Å². The maximum Gasteiger partial charge on any atom is 0.0451 e. The first-order valence-electron chi connectivity index (χ1n) is 6.02. The number of benzene rings is 1. The minimum Gasteiger partial charge on any atom is -0.317 e.